The molecule has 0 spiro atoms. The Hall–Kier alpha value is -0.870. The molecule has 2 rings (SSSR count). The van der Waals surface area contributed by atoms with E-state index in [1.54, 1.807) is 7.11 Å². The summed E-state index contributed by atoms with van der Waals surface area (Å²) in [5.41, 5.74) is 2.60. The Balaban J connectivity index is 2.26. The molecular weight excluding hydrogens is 270 g/mol. The maximum Gasteiger partial charge on any atom is 0.119 e. The smallest absolute Gasteiger partial charge is 0.119 e. The van der Waals surface area contributed by atoms with E-state index < -0.39 is 10.8 Å². The van der Waals surface area contributed by atoms with Crippen molar-refractivity contribution < 1.29 is 8.95 Å². The van der Waals surface area contributed by atoms with Crippen molar-refractivity contribution in [1.82, 2.24) is 5.32 Å². The zero-order valence-electron chi connectivity index (χ0n) is 12.8. The van der Waals surface area contributed by atoms with E-state index in [0.717, 1.165) is 24.3 Å². The second-order valence-corrected chi connectivity index (χ2v) is 7.55. The molecule has 0 saturated heterocycles. The number of ether oxygens (including phenoxy) is 1. The van der Waals surface area contributed by atoms with E-state index in [0.29, 0.717) is 5.92 Å². The molecule has 0 amide bonds. The van der Waals surface area contributed by atoms with Crippen LogP contribution in [0.25, 0.3) is 0 Å². The summed E-state index contributed by atoms with van der Waals surface area (Å²) in [6.07, 6.45) is 1.96. The summed E-state index contributed by atoms with van der Waals surface area (Å²) in [7, 11) is 2.88. The van der Waals surface area contributed by atoms with E-state index in [-0.39, 0.29) is 11.3 Å². The zero-order chi connectivity index (χ0) is 14.7. The monoisotopic (exact) mass is 295 g/mol. The van der Waals surface area contributed by atoms with Crippen molar-refractivity contribution in [2.45, 2.75) is 38.0 Å². The normalized spacial score (nSPS) is 23.4. The van der Waals surface area contributed by atoms with Crippen molar-refractivity contribution in [3.63, 3.8) is 0 Å². The molecule has 112 valence electrons. The van der Waals surface area contributed by atoms with Crippen molar-refractivity contribution >= 4 is 10.8 Å². The molecule has 0 radical (unpaired) electrons. The van der Waals surface area contributed by atoms with E-state index in [1.165, 1.54) is 11.1 Å². The average Bonchev–Trinajstić information content (AvgIpc) is 2.44. The number of fused-ring (bicyclic) bond motifs is 1. The molecular formula is C16H25NO2S. The summed E-state index contributed by atoms with van der Waals surface area (Å²) in [4.78, 5) is 0. The first kappa shape index (κ1) is 15.5. The third-order valence-corrected chi connectivity index (χ3v) is 6.08. The Labute approximate surface area is 124 Å². The second-order valence-electron chi connectivity index (χ2n) is 5.85. The lowest BCUT2D eigenvalue weighted by Gasteiger charge is -2.33. The molecule has 3 unspecified atom stereocenters. The van der Waals surface area contributed by atoms with Crippen LogP contribution in [0.5, 0.6) is 5.75 Å². The van der Waals surface area contributed by atoms with Crippen LogP contribution in [0, 0.1) is 5.92 Å². The molecule has 0 fully saturated rings. The SMILES string of the molecule is CNC1c2ccc(OC)cc2CCC1S(=O)CC(C)C. The lowest BCUT2D eigenvalue weighted by atomic mass is 9.87. The van der Waals surface area contributed by atoms with E-state index in [4.69, 9.17) is 4.74 Å². The summed E-state index contributed by atoms with van der Waals surface area (Å²) in [6, 6.07) is 6.41. The van der Waals surface area contributed by atoms with Gasteiger partial charge in [0.25, 0.3) is 0 Å². The molecule has 3 atom stereocenters. The number of aryl methyl sites for hydroxylation is 1. The number of methoxy groups -OCH3 is 1. The molecule has 1 aromatic carbocycles. The highest BCUT2D eigenvalue weighted by molar-refractivity contribution is 7.85. The molecule has 0 saturated carbocycles. The predicted molar refractivity (Wildman–Crippen MR) is 84.8 cm³/mol. The minimum Gasteiger partial charge on any atom is -0.497 e. The molecule has 3 nitrogen and oxygen atoms in total. The standard InChI is InChI=1S/C16H25NO2S/c1-11(2)10-20(18)15-8-5-12-9-13(19-4)6-7-14(12)16(15)17-3/h6-7,9,11,15-17H,5,8,10H2,1-4H3. The van der Waals surface area contributed by atoms with Gasteiger partial charge in [0.15, 0.2) is 0 Å². The Morgan fingerprint density at radius 2 is 2.20 bits per heavy atom. The maximum atomic E-state index is 12.6. The van der Waals surface area contributed by atoms with Gasteiger partial charge in [0.2, 0.25) is 0 Å². The molecule has 1 aliphatic rings. The zero-order valence-corrected chi connectivity index (χ0v) is 13.6. The minimum absolute atomic E-state index is 0.184. The van der Waals surface area contributed by atoms with Crippen LogP contribution in [-0.4, -0.2) is 29.4 Å². The number of rotatable bonds is 5. The Kier molecular flexibility index (Phi) is 5.22. The molecule has 0 heterocycles. The third-order valence-electron chi connectivity index (χ3n) is 3.90. The topological polar surface area (TPSA) is 38.3 Å². The van der Waals surface area contributed by atoms with Gasteiger partial charge in [-0.15, -0.1) is 0 Å². The van der Waals surface area contributed by atoms with Crippen molar-refractivity contribution in [3.8, 4) is 5.75 Å². The van der Waals surface area contributed by atoms with Crippen LogP contribution in [-0.2, 0) is 17.2 Å². The Bertz CT molecular complexity index is 487. The van der Waals surface area contributed by atoms with Crippen LogP contribution >= 0.6 is 0 Å². The highest BCUT2D eigenvalue weighted by Gasteiger charge is 2.32. The van der Waals surface area contributed by atoms with E-state index in [9.17, 15) is 4.21 Å². The van der Waals surface area contributed by atoms with Gasteiger partial charge in [-0.25, -0.2) is 0 Å². The molecule has 1 aromatic rings. The summed E-state index contributed by atoms with van der Waals surface area (Å²) >= 11 is 0. The quantitative estimate of drug-likeness (QED) is 0.907. The minimum atomic E-state index is -0.775. The van der Waals surface area contributed by atoms with Gasteiger partial charge in [0, 0.05) is 22.6 Å². The first-order valence-electron chi connectivity index (χ1n) is 7.28. The van der Waals surface area contributed by atoms with Gasteiger partial charge >= 0.3 is 0 Å². The largest absolute Gasteiger partial charge is 0.497 e. The van der Waals surface area contributed by atoms with Gasteiger partial charge in [-0.05, 0) is 49.1 Å². The first-order valence-corrected chi connectivity index (χ1v) is 8.66. The van der Waals surface area contributed by atoms with Crippen LogP contribution < -0.4 is 10.1 Å². The van der Waals surface area contributed by atoms with Crippen molar-refractivity contribution in [2.75, 3.05) is 19.9 Å². The lowest BCUT2D eigenvalue weighted by molar-refractivity contribution is 0.412. The number of nitrogens with one attached hydrogen (secondary N) is 1. The Morgan fingerprint density at radius 1 is 1.45 bits per heavy atom. The van der Waals surface area contributed by atoms with Gasteiger partial charge in [-0.1, -0.05) is 19.9 Å². The molecule has 20 heavy (non-hydrogen) atoms. The van der Waals surface area contributed by atoms with Crippen molar-refractivity contribution in [2.24, 2.45) is 5.92 Å². The predicted octanol–water partition coefficient (Wildman–Crippen LogP) is 2.68. The average molecular weight is 295 g/mol. The van der Waals surface area contributed by atoms with Crippen LogP contribution in [0.2, 0.25) is 0 Å². The van der Waals surface area contributed by atoms with Crippen molar-refractivity contribution in [3.05, 3.63) is 29.3 Å². The molecule has 4 heteroatoms. The molecule has 0 aliphatic heterocycles. The van der Waals surface area contributed by atoms with E-state index in [2.05, 4.69) is 31.3 Å². The third kappa shape index (κ3) is 3.23. The number of hydrogen-bond donors (Lipinski definition) is 1. The highest BCUT2D eigenvalue weighted by atomic mass is 32.2. The van der Waals surface area contributed by atoms with E-state index in [1.807, 2.05) is 13.1 Å². The van der Waals surface area contributed by atoms with Gasteiger partial charge in [-0.2, -0.15) is 0 Å². The van der Waals surface area contributed by atoms with Crippen molar-refractivity contribution in [1.29, 1.82) is 0 Å². The summed E-state index contributed by atoms with van der Waals surface area (Å²) < 4.78 is 17.9. The fourth-order valence-corrected chi connectivity index (χ4v) is 4.84. The molecule has 1 aliphatic carbocycles. The van der Waals surface area contributed by atoms with Gasteiger partial charge < -0.3 is 10.1 Å². The van der Waals surface area contributed by atoms with Crippen LogP contribution in [0.1, 0.15) is 37.4 Å². The fourth-order valence-electron chi connectivity index (χ4n) is 2.97. The summed E-state index contributed by atoms with van der Waals surface area (Å²) in [5, 5.41) is 3.58. The molecule has 0 bridgehead atoms. The lowest BCUT2D eigenvalue weighted by Crippen LogP contribution is -2.38. The molecule has 1 N–H and O–H groups in total. The maximum absolute atomic E-state index is 12.6. The van der Waals surface area contributed by atoms with Gasteiger partial charge in [0.05, 0.1) is 12.4 Å². The van der Waals surface area contributed by atoms with Crippen LogP contribution in [0.4, 0.5) is 0 Å². The highest BCUT2D eigenvalue weighted by Crippen LogP contribution is 2.35. The fraction of sp³-hybridized carbons (Fsp3) is 0.625. The number of hydrogen-bond acceptors (Lipinski definition) is 3. The van der Waals surface area contributed by atoms with Gasteiger partial charge in [-0.3, -0.25) is 4.21 Å². The van der Waals surface area contributed by atoms with Gasteiger partial charge in [0.1, 0.15) is 5.75 Å². The molecule has 0 aromatic heterocycles. The van der Waals surface area contributed by atoms with Crippen LogP contribution in [0.15, 0.2) is 18.2 Å². The summed E-state index contributed by atoms with van der Waals surface area (Å²) in [5.74, 6) is 2.17. The number of benzene rings is 1. The second kappa shape index (κ2) is 6.72. The Morgan fingerprint density at radius 3 is 2.80 bits per heavy atom. The van der Waals surface area contributed by atoms with E-state index >= 15 is 0 Å². The summed E-state index contributed by atoms with van der Waals surface area (Å²) in [6.45, 7) is 4.27. The first-order chi connectivity index (χ1) is 9.56. The van der Waals surface area contributed by atoms with Crippen LogP contribution in [0.3, 0.4) is 0 Å².